The van der Waals surface area contributed by atoms with Gasteiger partial charge in [-0.15, -0.1) is 0 Å². The number of amides is 1. The summed E-state index contributed by atoms with van der Waals surface area (Å²) in [6, 6.07) is 10.7. The van der Waals surface area contributed by atoms with Crippen LogP contribution in [0.3, 0.4) is 0 Å². The average Bonchev–Trinajstić information content (AvgIpc) is 3.59. The summed E-state index contributed by atoms with van der Waals surface area (Å²) in [5.74, 6) is 1.61. The lowest BCUT2D eigenvalue weighted by atomic mass is 10.0. The Bertz CT molecular complexity index is 1260. The Morgan fingerprint density at radius 1 is 1.24 bits per heavy atom. The van der Waals surface area contributed by atoms with Crippen LogP contribution in [0, 0.1) is 19.4 Å². The zero-order chi connectivity index (χ0) is 23.4. The number of nitrogens with one attached hydrogen (secondary N) is 1. The maximum Gasteiger partial charge on any atom is 0.251 e. The Labute approximate surface area is 197 Å². The van der Waals surface area contributed by atoms with Gasteiger partial charge < -0.3 is 14.9 Å². The number of fused-ring (bicyclic) bond motifs is 1. The minimum atomic E-state index is -0.240. The molecule has 3 aromatic rings. The van der Waals surface area contributed by atoms with Crippen molar-refractivity contribution < 1.29 is 14.3 Å². The van der Waals surface area contributed by atoms with Crippen LogP contribution in [-0.4, -0.2) is 29.8 Å². The van der Waals surface area contributed by atoms with Crippen LogP contribution >= 0.6 is 11.6 Å². The molecule has 1 aliphatic rings. The summed E-state index contributed by atoms with van der Waals surface area (Å²) < 4.78 is 6.10. The van der Waals surface area contributed by atoms with E-state index in [1.807, 2.05) is 19.1 Å². The second kappa shape index (κ2) is 10.0. The summed E-state index contributed by atoms with van der Waals surface area (Å²) in [5, 5.41) is 3.94. The predicted octanol–water partition coefficient (Wildman–Crippen LogP) is 5.55. The second-order valence-corrected chi connectivity index (χ2v) is 8.76. The smallest absolute Gasteiger partial charge is 0.251 e. The van der Waals surface area contributed by atoms with Gasteiger partial charge >= 0.3 is 0 Å². The summed E-state index contributed by atoms with van der Waals surface area (Å²) in [4.78, 5) is 32.4. The van der Waals surface area contributed by atoms with E-state index in [0.29, 0.717) is 58.3 Å². The third-order valence-electron chi connectivity index (χ3n) is 5.65. The highest BCUT2D eigenvalue weighted by Gasteiger charge is 2.24. The molecule has 0 aliphatic heterocycles. The lowest BCUT2D eigenvalue weighted by Gasteiger charge is -2.13. The van der Waals surface area contributed by atoms with Gasteiger partial charge in [0.2, 0.25) is 6.54 Å². The number of Topliss-reactive ketones (excluding diaryl/α,β-unsaturated/α-hetero) is 1. The molecule has 4 rings (SSSR count). The molecule has 7 heteroatoms. The number of ether oxygens (including phenoxy) is 1. The Morgan fingerprint density at radius 2 is 2.06 bits per heavy atom. The average molecular weight is 462 g/mol. The standard InChI is InChI=1S/C26H24ClN3O3/c1-16-11-24-22(15-21(16)26(32)30-10-9-28-2)25(7-8-29-24)33-20-6-5-18(23(27)14-20)13-19(31)12-17-3-4-17/h5-8,11,14-15,17H,3-4,9-10,12-13H2,1H3,(H,30,32). The predicted molar refractivity (Wildman–Crippen MR) is 128 cm³/mol. The van der Waals surface area contributed by atoms with Gasteiger partial charge in [-0.05, 0) is 67.1 Å². The summed E-state index contributed by atoms with van der Waals surface area (Å²) in [7, 11) is 0. The Balaban J connectivity index is 1.56. The molecule has 6 nitrogen and oxygen atoms in total. The van der Waals surface area contributed by atoms with E-state index in [1.54, 1.807) is 30.5 Å². The van der Waals surface area contributed by atoms with Gasteiger partial charge in [-0.2, -0.15) is 0 Å². The van der Waals surface area contributed by atoms with Gasteiger partial charge in [-0.25, -0.2) is 6.57 Å². The third-order valence-corrected chi connectivity index (χ3v) is 6.01. The molecule has 0 radical (unpaired) electrons. The fraction of sp³-hybridized carbons (Fsp3) is 0.308. The van der Waals surface area contributed by atoms with Crippen LogP contribution in [0.2, 0.25) is 5.02 Å². The minimum absolute atomic E-state index is 0.214. The number of benzene rings is 2. The van der Waals surface area contributed by atoms with E-state index in [0.717, 1.165) is 24.0 Å². The molecule has 1 fully saturated rings. The highest BCUT2D eigenvalue weighted by molar-refractivity contribution is 6.31. The van der Waals surface area contributed by atoms with Crippen molar-refractivity contribution in [3.63, 3.8) is 0 Å². The first-order chi connectivity index (χ1) is 15.9. The first-order valence-corrected chi connectivity index (χ1v) is 11.3. The first kappa shape index (κ1) is 22.8. The number of nitrogens with zero attached hydrogens (tertiary/aromatic N) is 2. The number of pyridine rings is 1. The van der Waals surface area contributed by atoms with Gasteiger partial charge in [0, 0.05) is 35.0 Å². The zero-order valence-electron chi connectivity index (χ0n) is 18.4. The molecule has 0 spiro atoms. The summed E-state index contributed by atoms with van der Waals surface area (Å²) >= 11 is 6.44. The van der Waals surface area contributed by atoms with Crippen LogP contribution in [0.25, 0.3) is 15.7 Å². The molecule has 0 unspecified atom stereocenters. The number of aryl methyl sites for hydroxylation is 1. The lowest BCUT2D eigenvalue weighted by Crippen LogP contribution is -2.26. The van der Waals surface area contributed by atoms with Gasteiger partial charge in [0.15, 0.2) is 0 Å². The van der Waals surface area contributed by atoms with E-state index >= 15 is 0 Å². The quantitative estimate of drug-likeness (QED) is 0.335. The van der Waals surface area contributed by atoms with Crippen molar-refractivity contribution in [2.75, 3.05) is 13.1 Å². The molecule has 33 heavy (non-hydrogen) atoms. The highest BCUT2D eigenvalue weighted by Crippen LogP contribution is 2.35. The Hall–Kier alpha value is -3.43. The van der Waals surface area contributed by atoms with Crippen molar-refractivity contribution in [3.8, 4) is 11.5 Å². The van der Waals surface area contributed by atoms with Gasteiger partial charge in [0.1, 0.15) is 17.3 Å². The largest absolute Gasteiger partial charge is 0.457 e. The summed E-state index contributed by atoms with van der Waals surface area (Å²) in [5.41, 5.74) is 2.79. The molecule has 1 aromatic heterocycles. The molecule has 0 saturated heterocycles. The number of hydrogen-bond donors (Lipinski definition) is 1. The van der Waals surface area contributed by atoms with Crippen molar-refractivity contribution in [1.82, 2.24) is 10.3 Å². The molecule has 1 N–H and O–H groups in total. The van der Waals surface area contributed by atoms with Gasteiger partial charge in [-0.1, -0.05) is 17.7 Å². The molecule has 1 saturated carbocycles. The number of rotatable bonds is 9. The minimum Gasteiger partial charge on any atom is -0.457 e. The molecule has 168 valence electrons. The number of aromatic nitrogens is 1. The normalized spacial score (nSPS) is 12.9. The van der Waals surface area contributed by atoms with Crippen LogP contribution in [-0.2, 0) is 11.2 Å². The van der Waals surface area contributed by atoms with E-state index in [2.05, 4.69) is 15.1 Å². The number of ketones is 1. The molecule has 0 atom stereocenters. The SMILES string of the molecule is [C-]#[N+]CCNC(=O)c1cc2c(Oc3ccc(CC(=O)CC4CC4)c(Cl)c3)ccnc2cc1C. The number of hydrogen-bond acceptors (Lipinski definition) is 4. The second-order valence-electron chi connectivity index (χ2n) is 8.35. The van der Waals surface area contributed by atoms with Crippen LogP contribution in [0.15, 0.2) is 42.6 Å². The van der Waals surface area contributed by atoms with E-state index in [1.165, 1.54) is 0 Å². The topological polar surface area (TPSA) is 72.7 Å². The van der Waals surface area contributed by atoms with Gasteiger partial charge in [0.05, 0.1) is 12.1 Å². The third kappa shape index (κ3) is 5.68. The molecule has 1 amide bonds. The van der Waals surface area contributed by atoms with E-state index < -0.39 is 0 Å². The maximum atomic E-state index is 12.6. The monoisotopic (exact) mass is 461 g/mol. The molecular formula is C26H24ClN3O3. The van der Waals surface area contributed by atoms with Crippen LogP contribution in [0.4, 0.5) is 0 Å². The van der Waals surface area contributed by atoms with Crippen LogP contribution < -0.4 is 10.1 Å². The summed E-state index contributed by atoms with van der Waals surface area (Å²) in [6.07, 6.45) is 4.91. The van der Waals surface area contributed by atoms with E-state index in [4.69, 9.17) is 22.9 Å². The zero-order valence-corrected chi connectivity index (χ0v) is 19.1. The fourth-order valence-corrected chi connectivity index (χ4v) is 3.95. The first-order valence-electron chi connectivity index (χ1n) is 10.9. The van der Waals surface area contributed by atoms with E-state index in [9.17, 15) is 9.59 Å². The van der Waals surface area contributed by atoms with Crippen molar-refractivity contribution in [3.05, 3.63) is 75.7 Å². The van der Waals surface area contributed by atoms with Crippen LogP contribution in [0.5, 0.6) is 11.5 Å². The van der Waals surface area contributed by atoms with Crippen molar-refractivity contribution in [2.45, 2.75) is 32.6 Å². The molecular weight excluding hydrogens is 438 g/mol. The number of carbonyl (C=O) groups excluding carboxylic acids is 2. The fourth-order valence-electron chi connectivity index (χ4n) is 3.72. The van der Waals surface area contributed by atoms with Crippen LogP contribution in [0.1, 0.15) is 40.7 Å². The molecule has 0 bridgehead atoms. The van der Waals surface area contributed by atoms with Crippen molar-refractivity contribution in [1.29, 1.82) is 0 Å². The number of carbonyl (C=O) groups is 2. The van der Waals surface area contributed by atoms with Gasteiger partial charge in [0.25, 0.3) is 5.91 Å². The molecule has 1 heterocycles. The molecule has 1 aliphatic carbocycles. The van der Waals surface area contributed by atoms with Crippen molar-refractivity contribution in [2.24, 2.45) is 5.92 Å². The van der Waals surface area contributed by atoms with Gasteiger partial charge in [-0.3, -0.25) is 14.6 Å². The number of halogens is 1. The Morgan fingerprint density at radius 3 is 2.79 bits per heavy atom. The lowest BCUT2D eigenvalue weighted by molar-refractivity contribution is -0.118. The maximum absolute atomic E-state index is 12.6. The van der Waals surface area contributed by atoms with E-state index in [-0.39, 0.29) is 18.2 Å². The summed E-state index contributed by atoms with van der Waals surface area (Å²) in [6.45, 7) is 9.23. The highest BCUT2D eigenvalue weighted by atomic mass is 35.5. The van der Waals surface area contributed by atoms with Crippen molar-refractivity contribution >= 4 is 34.2 Å². The molecule has 2 aromatic carbocycles. The Kier molecular flexibility index (Phi) is 6.90.